The summed E-state index contributed by atoms with van der Waals surface area (Å²) in [7, 11) is 0. The van der Waals surface area contributed by atoms with Gasteiger partial charge in [-0.05, 0) is 30.0 Å². The van der Waals surface area contributed by atoms with Gasteiger partial charge in [0.15, 0.2) is 0 Å². The molecule has 0 atom stereocenters. The molecule has 0 aliphatic rings. The quantitative estimate of drug-likeness (QED) is 0.839. The van der Waals surface area contributed by atoms with Gasteiger partial charge in [0.25, 0.3) is 0 Å². The molecule has 86 valence electrons. The molecular weight excluding hydrogens is 198 g/mol. The Hall–Kier alpha value is -1.28. The number of hydrogen-bond donors (Lipinski definition) is 1. The van der Waals surface area contributed by atoms with E-state index in [1.54, 1.807) is 0 Å². The average Bonchev–Trinajstić information content (AvgIpc) is 2.58. The summed E-state index contributed by atoms with van der Waals surface area (Å²) in [4.78, 5) is 0. The fraction of sp³-hybridized carbons (Fsp3) is 0.429. The van der Waals surface area contributed by atoms with Gasteiger partial charge in [0.1, 0.15) is 0 Å². The van der Waals surface area contributed by atoms with Crippen molar-refractivity contribution < 1.29 is 5.11 Å². The minimum Gasteiger partial charge on any atom is -0.395 e. The van der Waals surface area contributed by atoms with Crippen molar-refractivity contribution >= 4 is 10.9 Å². The first-order valence-electron chi connectivity index (χ1n) is 5.83. The van der Waals surface area contributed by atoms with Gasteiger partial charge in [0.2, 0.25) is 0 Å². The van der Waals surface area contributed by atoms with E-state index in [1.807, 2.05) is 0 Å². The number of nitrogens with zero attached hydrogens (tertiary/aromatic N) is 1. The fourth-order valence-corrected chi connectivity index (χ4v) is 2.18. The SMILES string of the molecule is Cc1ccc2c(C(C)C)cn(CCO)c2c1. The Kier molecular flexibility index (Phi) is 3.01. The first kappa shape index (κ1) is 11.2. The summed E-state index contributed by atoms with van der Waals surface area (Å²) in [6, 6.07) is 6.53. The predicted molar refractivity (Wildman–Crippen MR) is 67.8 cm³/mol. The molecule has 1 aromatic heterocycles. The van der Waals surface area contributed by atoms with Gasteiger partial charge in [0, 0.05) is 23.6 Å². The third kappa shape index (κ3) is 1.85. The zero-order valence-electron chi connectivity index (χ0n) is 10.2. The normalized spacial score (nSPS) is 11.6. The van der Waals surface area contributed by atoms with Gasteiger partial charge in [-0.15, -0.1) is 0 Å². The molecule has 0 spiro atoms. The van der Waals surface area contributed by atoms with Crippen LogP contribution in [0.3, 0.4) is 0 Å². The van der Waals surface area contributed by atoms with Crippen LogP contribution in [0.25, 0.3) is 10.9 Å². The van der Waals surface area contributed by atoms with Crippen molar-refractivity contribution in [2.24, 2.45) is 0 Å². The Morgan fingerprint density at radius 2 is 2.06 bits per heavy atom. The molecule has 16 heavy (non-hydrogen) atoms. The highest BCUT2D eigenvalue weighted by Crippen LogP contribution is 2.28. The van der Waals surface area contributed by atoms with E-state index in [2.05, 4.69) is 49.7 Å². The number of hydrogen-bond acceptors (Lipinski definition) is 1. The monoisotopic (exact) mass is 217 g/mol. The molecule has 0 amide bonds. The lowest BCUT2D eigenvalue weighted by Gasteiger charge is -2.02. The molecule has 2 heteroatoms. The summed E-state index contributed by atoms with van der Waals surface area (Å²) in [5, 5.41) is 10.4. The Morgan fingerprint density at radius 3 is 2.69 bits per heavy atom. The van der Waals surface area contributed by atoms with E-state index in [0.717, 1.165) is 0 Å². The van der Waals surface area contributed by atoms with Crippen LogP contribution >= 0.6 is 0 Å². The van der Waals surface area contributed by atoms with E-state index >= 15 is 0 Å². The van der Waals surface area contributed by atoms with E-state index in [1.165, 1.54) is 22.0 Å². The topological polar surface area (TPSA) is 25.2 Å². The molecule has 1 heterocycles. The summed E-state index contributed by atoms with van der Waals surface area (Å²) < 4.78 is 2.15. The van der Waals surface area contributed by atoms with Crippen molar-refractivity contribution in [2.75, 3.05) is 6.61 Å². The van der Waals surface area contributed by atoms with Gasteiger partial charge in [-0.2, -0.15) is 0 Å². The average molecular weight is 217 g/mol. The van der Waals surface area contributed by atoms with Gasteiger partial charge in [-0.25, -0.2) is 0 Å². The summed E-state index contributed by atoms with van der Waals surface area (Å²) in [6.45, 7) is 7.38. The lowest BCUT2D eigenvalue weighted by atomic mass is 10.0. The van der Waals surface area contributed by atoms with Gasteiger partial charge < -0.3 is 9.67 Å². The highest BCUT2D eigenvalue weighted by atomic mass is 16.3. The van der Waals surface area contributed by atoms with Crippen LogP contribution in [0, 0.1) is 6.92 Å². The van der Waals surface area contributed by atoms with E-state index in [9.17, 15) is 0 Å². The zero-order valence-corrected chi connectivity index (χ0v) is 10.2. The number of aryl methyl sites for hydroxylation is 1. The lowest BCUT2D eigenvalue weighted by Crippen LogP contribution is -2.00. The highest BCUT2D eigenvalue weighted by Gasteiger charge is 2.10. The minimum atomic E-state index is 0.190. The maximum absolute atomic E-state index is 9.08. The smallest absolute Gasteiger partial charge is 0.0610 e. The Labute approximate surface area is 96.5 Å². The Balaban J connectivity index is 2.66. The molecule has 0 saturated heterocycles. The van der Waals surface area contributed by atoms with Crippen molar-refractivity contribution in [3.8, 4) is 0 Å². The maximum atomic E-state index is 9.08. The molecule has 1 aromatic carbocycles. The largest absolute Gasteiger partial charge is 0.395 e. The molecule has 0 unspecified atom stereocenters. The first-order valence-corrected chi connectivity index (χ1v) is 5.83. The molecule has 0 aliphatic heterocycles. The van der Waals surface area contributed by atoms with Crippen LogP contribution in [0.15, 0.2) is 24.4 Å². The maximum Gasteiger partial charge on any atom is 0.0610 e. The second kappa shape index (κ2) is 4.30. The third-order valence-electron chi connectivity index (χ3n) is 3.03. The number of aromatic nitrogens is 1. The minimum absolute atomic E-state index is 0.190. The Morgan fingerprint density at radius 1 is 1.31 bits per heavy atom. The van der Waals surface area contributed by atoms with Gasteiger partial charge in [0.05, 0.1) is 6.61 Å². The van der Waals surface area contributed by atoms with E-state index < -0.39 is 0 Å². The summed E-state index contributed by atoms with van der Waals surface area (Å²) in [5.41, 5.74) is 3.86. The van der Waals surface area contributed by atoms with Crippen molar-refractivity contribution in [2.45, 2.75) is 33.2 Å². The van der Waals surface area contributed by atoms with Crippen LogP contribution in [0.1, 0.15) is 30.9 Å². The van der Waals surface area contributed by atoms with Crippen molar-refractivity contribution in [1.29, 1.82) is 0 Å². The summed E-state index contributed by atoms with van der Waals surface area (Å²) in [5.74, 6) is 0.519. The number of benzene rings is 1. The van der Waals surface area contributed by atoms with Crippen LogP contribution in [-0.4, -0.2) is 16.3 Å². The molecular formula is C14H19NO. The van der Waals surface area contributed by atoms with Gasteiger partial charge in [-0.3, -0.25) is 0 Å². The van der Waals surface area contributed by atoms with Crippen molar-refractivity contribution in [3.63, 3.8) is 0 Å². The van der Waals surface area contributed by atoms with E-state index in [-0.39, 0.29) is 6.61 Å². The molecule has 0 fully saturated rings. The second-order valence-electron chi connectivity index (χ2n) is 4.68. The van der Waals surface area contributed by atoms with E-state index in [0.29, 0.717) is 12.5 Å². The molecule has 0 saturated carbocycles. The standard InChI is InChI=1S/C14H19NO/c1-10(2)13-9-15(6-7-16)14-8-11(3)4-5-12(13)14/h4-5,8-10,16H,6-7H2,1-3H3. The van der Waals surface area contributed by atoms with Crippen LogP contribution in [-0.2, 0) is 6.54 Å². The van der Waals surface area contributed by atoms with Crippen LogP contribution in [0.2, 0.25) is 0 Å². The molecule has 0 aliphatic carbocycles. The second-order valence-corrected chi connectivity index (χ2v) is 4.68. The van der Waals surface area contributed by atoms with Crippen molar-refractivity contribution in [1.82, 2.24) is 4.57 Å². The third-order valence-corrected chi connectivity index (χ3v) is 3.03. The lowest BCUT2D eigenvalue weighted by molar-refractivity contribution is 0.278. The Bertz CT molecular complexity index is 497. The summed E-state index contributed by atoms with van der Waals surface area (Å²) >= 11 is 0. The fourth-order valence-electron chi connectivity index (χ4n) is 2.18. The molecule has 0 bridgehead atoms. The number of rotatable bonds is 3. The molecule has 2 aromatic rings. The molecule has 2 rings (SSSR count). The molecule has 2 nitrogen and oxygen atoms in total. The van der Waals surface area contributed by atoms with Gasteiger partial charge >= 0.3 is 0 Å². The van der Waals surface area contributed by atoms with Crippen LogP contribution in [0.4, 0.5) is 0 Å². The molecule has 1 N–H and O–H groups in total. The van der Waals surface area contributed by atoms with Crippen molar-refractivity contribution in [3.05, 3.63) is 35.5 Å². The van der Waals surface area contributed by atoms with E-state index in [4.69, 9.17) is 5.11 Å². The van der Waals surface area contributed by atoms with Crippen LogP contribution in [0.5, 0.6) is 0 Å². The number of fused-ring (bicyclic) bond motifs is 1. The van der Waals surface area contributed by atoms with Crippen LogP contribution < -0.4 is 0 Å². The first-order chi connectivity index (χ1) is 7.63. The van der Waals surface area contributed by atoms with Gasteiger partial charge in [-0.1, -0.05) is 26.0 Å². The zero-order chi connectivity index (χ0) is 11.7. The number of aliphatic hydroxyl groups is 1. The number of aliphatic hydroxyl groups excluding tert-OH is 1. The molecule has 0 radical (unpaired) electrons. The summed E-state index contributed by atoms with van der Waals surface area (Å²) in [6.07, 6.45) is 2.17. The predicted octanol–water partition coefficient (Wildman–Crippen LogP) is 3.07. The highest BCUT2D eigenvalue weighted by molar-refractivity contribution is 5.85.